The second-order valence-corrected chi connectivity index (χ2v) is 8.88. The molecule has 1 radical (unpaired) electrons. The summed E-state index contributed by atoms with van der Waals surface area (Å²) in [6.45, 7) is 15.8. The smallest absolute Gasteiger partial charge is 0.138 e. The quantitative estimate of drug-likeness (QED) is 0.538. The highest BCUT2D eigenvalue weighted by Crippen LogP contribution is 2.45. The summed E-state index contributed by atoms with van der Waals surface area (Å²) in [6, 6.07) is 6.63. The lowest BCUT2D eigenvalue weighted by molar-refractivity contribution is 0.324. The maximum Gasteiger partial charge on any atom is 0.138 e. The fourth-order valence-corrected chi connectivity index (χ4v) is 4.63. The van der Waals surface area contributed by atoms with Gasteiger partial charge < -0.3 is 4.40 Å². The Morgan fingerprint density at radius 2 is 1.88 bits per heavy atom. The molecule has 0 spiro atoms. The Labute approximate surface area is 149 Å². The molecule has 0 saturated carbocycles. The number of fused-ring (bicyclic) bond motifs is 1. The summed E-state index contributed by atoms with van der Waals surface area (Å²) < 4.78 is 2.36. The van der Waals surface area contributed by atoms with Crippen LogP contribution in [0.4, 0.5) is 0 Å². The van der Waals surface area contributed by atoms with Crippen molar-refractivity contribution in [1.29, 1.82) is 0 Å². The molecule has 3 heterocycles. The van der Waals surface area contributed by atoms with E-state index in [-0.39, 0.29) is 5.41 Å². The van der Waals surface area contributed by atoms with E-state index in [4.69, 9.17) is 4.98 Å². The maximum atomic E-state index is 5.05. The third kappa shape index (κ3) is 2.90. The number of thiophene rings is 1. The monoisotopic (exact) mass is 339 g/mol. The van der Waals surface area contributed by atoms with Crippen LogP contribution < -0.4 is 0 Å². The van der Waals surface area contributed by atoms with E-state index in [2.05, 4.69) is 81.8 Å². The first kappa shape index (κ1) is 17.2. The molecule has 3 rings (SSSR count). The molecule has 0 aliphatic rings. The average molecular weight is 340 g/mol. The van der Waals surface area contributed by atoms with E-state index >= 15 is 0 Å². The molecule has 1 atom stereocenters. The van der Waals surface area contributed by atoms with E-state index in [1.807, 2.05) is 0 Å². The van der Waals surface area contributed by atoms with Crippen LogP contribution in [0.2, 0.25) is 0 Å². The zero-order chi connectivity index (χ0) is 17.6. The number of hydrogen-bond donors (Lipinski definition) is 0. The van der Waals surface area contributed by atoms with Gasteiger partial charge in [0.1, 0.15) is 5.65 Å². The number of aromatic nitrogens is 2. The van der Waals surface area contributed by atoms with Crippen LogP contribution in [0.1, 0.15) is 57.5 Å². The first-order chi connectivity index (χ1) is 11.2. The third-order valence-corrected chi connectivity index (χ3v) is 5.28. The number of hydrogen-bond acceptors (Lipinski definition) is 2. The number of aryl methyl sites for hydroxylation is 2. The molecule has 1 unspecified atom stereocenters. The molecule has 0 aliphatic carbocycles. The number of imidazole rings is 1. The number of rotatable bonds is 3. The van der Waals surface area contributed by atoms with Crippen LogP contribution in [0.3, 0.4) is 0 Å². The summed E-state index contributed by atoms with van der Waals surface area (Å²) in [4.78, 5) is 5.05. The molecule has 0 bridgehead atoms. The van der Waals surface area contributed by atoms with Crippen molar-refractivity contribution in [3.63, 3.8) is 0 Å². The van der Waals surface area contributed by atoms with Gasteiger partial charge in [0.15, 0.2) is 0 Å². The lowest BCUT2D eigenvalue weighted by Gasteiger charge is -2.34. The SMILES string of the molecule is C[C](C)C(c1c(-c2ccsc2)nc2cc(C)cc(C)n12)C(C)(C)C. The number of pyridine rings is 1. The molecule has 3 heteroatoms. The minimum atomic E-state index is 0.136. The van der Waals surface area contributed by atoms with Crippen LogP contribution in [0, 0.1) is 25.2 Å². The molecule has 0 N–H and O–H groups in total. The van der Waals surface area contributed by atoms with Crippen molar-refractivity contribution in [2.45, 2.75) is 54.4 Å². The second kappa shape index (κ2) is 6.03. The first-order valence-corrected chi connectivity index (χ1v) is 9.46. The molecule has 0 aliphatic heterocycles. The molecule has 2 nitrogen and oxygen atoms in total. The largest absolute Gasteiger partial charge is 0.300 e. The van der Waals surface area contributed by atoms with Gasteiger partial charge in [0.25, 0.3) is 0 Å². The van der Waals surface area contributed by atoms with Gasteiger partial charge in [0.05, 0.1) is 11.4 Å². The van der Waals surface area contributed by atoms with Crippen LogP contribution in [-0.2, 0) is 0 Å². The molecular weight excluding hydrogens is 312 g/mol. The topological polar surface area (TPSA) is 17.3 Å². The van der Waals surface area contributed by atoms with E-state index in [1.54, 1.807) is 11.3 Å². The predicted octanol–water partition coefficient (Wildman–Crippen LogP) is 6.42. The van der Waals surface area contributed by atoms with E-state index in [0.29, 0.717) is 5.92 Å². The highest BCUT2D eigenvalue weighted by atomic mass is 32.1. The van der Waals surface area contributed by atoms with Crippen molar-refractivity contribution in [2.75, 3.05) is 0 Å². The minimum absolute atomic E-state index is 0.136. The molecule has 127 valence electrons. The zero-order valence-electron chi connectivity index (χ0n) is 15.8. The minimum Gasteiger partial charge on any atom is -0.300 e. The zero-order valence-corrected chi connectivity index (χ0v) is 16.6. The highest BCUT2D eigenvalue weighted by molar-refractivity contribution is 7.08. The average Bonchev–Trinajstić information content (AvgIpc) is 3.04. The molecule has 0 saturated heterocycles. The molecule has 3 aromatic heterocycles. The van der Waals surface area contributed by atoms with Gasteiger partial charge in [-0.3, -0.25) is 0 Å². The third-order valence-electron chi connectivity index (χ3n) is 4.60. The van der Waals surface area contributed by atoms with Crippen LogP contribution in [-0.4, -0.2) is 9.38 Å². The Balaban J connectivity index is 2.41. The summed E-state index contributed by atoms with van der Waals surface area (Å²) in [5.74, 6) is 1.78. The van der Waals surface area contributed by atoms with Crippen LogP contribution >= 0.6 is 11.3 Å². The van der Waals surface area contributed by atoms with E-state index in [1.165, 1.54) is 28.4 Å². The Morgan fingerprint density at radius 3 is 2.42 bits per heavy atom. The summed E-state index contributed by atoms with van der Waals surface area (Å²) >= 11 is 1.73. The van der Waals surface area contributed by atoms with Crippen molar-refractivity contribution in [3.05, 3.63) is 51.8 Å². The van der Waals surface area contributed by atoms with E-state index in [0.717, 1.165) is 11.3 Å². The summed E-state index contributed by atoms with van der Waals surface area (Å²) in [7, 11) is 0. The van der Waals surface area contributed by atoms with Crippen molar-refractivity contribution in [3.8, 4) is 11.3 Å². The first-order valence-electron chi connectivity index (χ1n) is 8.52. The standard InChI is InChI=1S/C21H27N2S/c1-13(2)18(21(5,6)7)20-19(16-8-9-24-12-16)22-17-11-14(3)10-15(4)23(17)20/h8-12,18H,1-7H3. The van der Waals surface area contributed by atoms with E-state index in [9.17, 15) is 0 Å². The number of nitrogens with zero attached hydrogens (tertiary/aromatic N) is 2. The van der Waals surface area contributed by atoms with Gasteiger partial charge >= 0.3 is 0 Å². The van der Waals surface area contributed by atoms with Crippen molar-refractivity contribution < 1.29 is 0 Å². The summed E-state index contributed by atoms with van der Waals surface area (Å²) in [5.41, 5.74) is 7.39. The Morgan fingerprint density at radius 1 is 1.17 bits per heavy atom. The lowest BCUT2D eigenvalue weighted by atomic mass is 9.71. The normalized spacial score (nSPS) is 13.8. The van der Waals surface area contributed by atoms with Gasteiger partial charge in [-0.15, -0.1) is 0 Å². The fourth-order valence-electron chi connectivity index (χ4n) is 3.99. The van der Waals surface area contributed by atoms with E-state index < -0.39 is 0 Å². The van der Waals surface area contributed by atoms with Gasteiger partial charge in [-0.05, 0) is 54.3 Å². The van der Waals surface area contributed by atoms with Gasteiger partial charge in [0, 0.05) is 22.6 Å². The molecule has 0 fully saturated rings. The van der Waals surface area contributed by atoms with Crippen LogP contribution in [0.5, 0.6) is 0 Å². The van der Waals surface area contributed by atoms with Crippen molar-refractivity contribution in [2.24, 2.45) is 5.41 Å². The van der Waals surface area contributed by atoms with Gasteiger partial charge in [-0.25, -0.2) is 4.98 Å². The fraction of sp³-hybridized carbons (Fsp3) is 0.429. The Kier molecular flexibility index (Phi) is 4.33. The van der Waals surface area contributed by atoms with Gasteiger partial charge in [0.2, 0.25) is 0 Å². The van der Waals surface area contributed by atoms with Crippen molar-refractivity contribution >= 4 is 17.0 Å². The summed E-state index contributed by atoms with van der Waals surface area (Å²) in [5, 5.41) is 4.34. The van der Waals surface area contributed by atoms with Crippen LogP contribution in [0.15, 0.2) is 29.0 Å². The predicted molar refractivity (Wildman–Crippen MR) is 105 cm³/mol. The lowest BCUT2D eigenvalue weighted by Crippen LogP contribution is -2.24. The molecule has 3 aromatic rings. The summed E-state index contributed by atoms with van der Waals surface area (Å²) in [6.07, 6.45) is 0. The molecule has 0 amide bonds. The maximum absolute atomic E-state index is 5.05. The van der Waals surface area contributed by atoms with Gasteiger partial charge in [-0.1, -0.05) is 34.6 Å². The molecular formula is C21H27N2S. The molecule has 24 heavy (non-hydrogen) atoms. The van der Waals surface area contributed by atoms with Crippen LogP contribution in [0.25, 0.3) is 16.9 Å². The van der Waals surface area contributed by atoms with Crippen molar-refractivity contribution in [1.82, 2.24) is 9.38 Å². The Bertz CT molecular complexity index is 848. The van der Waals surface area contributed by atoms with Gasteiger partial charge in [-0.2, -0.15) is 11.3 Å². The highest BCUT2D eigenvalue weighted by Gasteiger charge is 2.35. The Hall–Kier alpha value is -1.61. The second-order valence-electron chi connectivity index (χ2n) is 8.10. The molecule has 0 aromatic carbocycles.